The zero-order valence-electron chi connectivity index (χ0n) is 11.9. The average Bonchev–Trinajstić information content (AvgIpc) is 2.46. The second-order valence-corrected chi connectivity index (χ2v) is 5.21. The van der Waals surface area contributed by atoms with Crippen LogP contribution >= 0.6 is 0 Å². The van der Waals surface area contributed by atoms with Crippen molar-refractivity contribution in [2.45, 2.75) is 38.7 Å². The van der Waals surface area contributed by atoms with Crippen LogP contribution in [0.3, 0.4) is 0 Å². The topological polar surface area (TPSA) is 76.3 Å². The number of aromatic nitrogens is 2. The Bertz CT molecular complexity index is 423. The van der Waals surface area contributed by atoms with Gasteiger partial charge in [0.15, 0.2) is 0 Å². The molecule has 3 N–H and O–H groups in total. The van der Waals surface area contributed by atoms with Crippen LogP contribution in [-0.2, 0) is 4.74 Å². The van der Waals surface area contributed by atoms with Crippen molar-refractivity contribution in [2.75, 3.05) is 30.5 Å². The number of methoxy groups -OCH3 is 1. The number of rotatable bonds is 4. The fourth-order valence-corrected chi connectivity index (χ4v) is 2.29. The molecule has 1 saturated heterocycles. The number of nitrogens with two attached hydrogens (primary N) is 1. The number of nitrogens with zero attached hydrogens (tertiary/aromatic N) is 3. The minimum absolute atomic E-state index is 0.273. The van der Waals surface area contributed by atoms with E-state index in [1.54, 1.807) is 7.11 Å². The molecule has 1 aromatic heterocycles. The van der Waals surface area contributed by atoms with Crippen molar-refractivity contribution in [3.8, 4) is 0 Å². The van der Waals surface area contributed by atoms with E-state index in [0.29, 0.717) is 5.82 Å². The Hall–Kier alpha value is -1.40. The van der Waals surface area contributed by atoms with E-state index in [9.17, 15) is 0 Å². The van der Waals surface area contributed by atoms with E-state index >= 15 is 0 Å². The molecule has 19 heavy (non-hydrogen) atoms. The first-order valence-corrected chi connectivity index (χ1v) is 6.77. The number of piperidine rings is 1. The Morgan fingerprint density at radius 2 is 2.26 bits per heavy atom. The van der Waals surface area contributed by atoms with E-state index in [4.69, 9.17) is 10.6 Å². The van der Waals surface area contributed by atoms with Gasteiger partial charge in [0.05, 0.1) is 6.10 Å². The van der Waals surface area contributed by atoms with Gasteiger partial charge in [0.2, 0.25) is 0 Å². The van der Waals surface area contributed by atoms with Gasteiger partial charge in [-0.1, -0.05) is 13.8 Å². The highest BCUT2D eigenvalue weighted by Crippen LogP contribution is 2.23. The lowest BCUT2D eigenvalue weighted by Gasteiger charge is -2.33. The van der Waals surface area contributed by atoms with Crippen molar-refractivity contribution in [1.82, 2.24) is 9.97 Å². The van der Waals surface area contributed by atoms with Crippen LogP contribution in [-0.4, -0.2) is 36.3 Å². The summed E-state index contributed by atoms with van der Waals surface area (Å²) in [5, 5.41) is 0. The molecule has 0 radical (unpaired) electrons. The van der Waals surface area contributed by atoms with E-state index in [2.05, 4.69) is 34.1 Å². The SMILES string of the molecule is COC1CCCN(c2cc(NN)nc(C(C)C)n2)C1. The van der Waals surface area contributed by atoms with Gasteiger partial charge in [-0.2, -0.15) is 0 Å². The highest BCUT2D eigenvalue weighted by atomic mass is 16.5. The molecule has 106 valence electrons. The van der Waals surface area contributed by atoms with Gasteiger partial charge in [0, 0.05) is 32.2 Å². The highest BCUT2D eigenvalue weighted by Gasteiger charge is 2.21. The number of anilines is 2. The van der Waals surface area contributed by atoms with E-state index in [-0.39, 0.29) is 12.0 Å². The monoisotopic (exact) mass is 265 g/mol. The van der Waals surface area contributed by atoms with Gasteiger partial charge >= 0.3 is 0 Å². The summed E-state index contributed by atoms with van der Waals surface area (Å²) in [6.07, 6.45) is 2.50. The molecule has 0 saturated carbocycles. The molecule has 2 rings (SSSR count). The van der Waals surface area contributed by atoms with Crippen molar-refractivity contribution in [3.05, 3.63) is 11.9 Å². The Balaban J connectivity index is 2.25. The van der Waals surface area contributed by atoms with Crippen molar-refractivity contribution < 1.29 is 4.74 Å². The molecule has 1 aliphatic heterocycles. The minimum atomic E-state index is 0.273. The van der Waals surface area contributed by atoms with E-state index in [1.807, 2.05) is 6.07 Å². The van der Waals surface area contributed by atoms with Crippen molar-refractivity contribution in [2.24, 2.45) is 5.84 Å². The lowest BCUT2D eigenvalue weighted by Crippen LogP contribution is -2.40. The van der Waals surface area contributed by atoms with Crippen LogP contribution in [0.25, 0.3) is 0 Å². The molecule has 0 bridgehead atoms. The third-order valence-electron chi connectivity index (χ3n) is 3.43. The standard InChI is InChI=1S/C13H23N5O/c1-9(2)13-15-11(17-14)7-12(16-13)18-6-4-5-10(8-18)19-3/h7,9-10H,4-6,8,14H2,1-3H3,(H,15,16,17). The molecule has 6 nitrogen and oxygen atoms in total. The summed E-state index contributed by atoms with van der Waals surface area (Å²) < 4.78 is 5.45. The quantitative estimate of drug-likeness (QED) is 0.634. The number of nitrogens with one attached hydrogen (secondary N) is 1. The van der Waals surface area contributed by atoms with Crippen LogP contribution in [0.1, 0.15) is 38.4 Å². The van der Waals surface area contributed by atoms with Crippen molar-refractivity contribution >= 4 is 11.6 Å². The predicted molar refractivity (Wildman–Crippen MR) is 76.2 cm³/mol. The van der Waals surface area contributed by atoms with Crippen LogP contribution < -0.4 is 16.2 Å². The van der Waals surface area contributed by atoms with Gasteiger partial charge in [-0.25, -0.2) is 15.8 Å². The molecule has 6 heteroatoms. The summed E-state index contributed by atoms with van der Waals surface area (Å²) in [5.74, 6) is 8.16. The number of ether oxygens (including phenoxy) is 1. The number of hydrazine groups is 1. The maximum atomic E-state index is 5.49. The van der Waals surface area contributed by atoms with E-state index < -0.39 is 0 Å². The number of nitrogen functional groups attached to an aromatic ring is 1. The van der Waals surface area contributed by atoms with Gasteiger partial charge in [0.1, 0.15) is 17.5 Å². The van der Waals surface area contributed by atoms with Gasteiger partial charge in [0.25, 0.3) is 0 Å². The summed E-state index contributed by atoms with van der Waals surface area (Å²) >= 11 is 0. The summed E-state index contributed by atoms with van der Waals surface area (Å²) in [4.78, 5) is 11.3. The Morgan fingerprint density at radius 3 is 2.89 bits per heavy atom. The summed E-state index contributed by atoms with van der Waals surface area (Å²) in [7, 11) is 1.76. The lowest BCUT2D eigenvalue weighted by atomic mass is 10.1. The molecule has 1 aliphatic rings. The molecule has 0 aliphatic carbocycles. The fourth-order valence-electron chi connectivity index (χ4n) is 2.29. The molecule has 1 aromatic rings. The van der Waals surface area contributed by atoms with Crippen LogP contribution in [0.5, 0.6) is 0 Å². The first kappa shape index (κ1) is 14.0. The normalized spacial score (nSPS) is 19.8. The summed E-state index contributed by atoms with van der Waals surface area (Å²) in [6, 6.07) is 1.89. The van der Waals surface area contributed by atoms with Crippen LogP contribution in [0, 0.1) is 0 Å². The van der Waals surface area contributed by atoms with Gasteiger partial charge in [-0.15, -0.1) is 0 Å². The Labute approximate surface area is 114 Å². The van der Waals surface area contributed by atoms with E-state index in [1.165, 1.54) is 0 Å². The molecule has 0 aromatic carbocycles. The third kappa shape index (κ3) is 3.33. The largest absolute Gasteiger partial charge is 0.380 e. The highest BCUT2D eigenvalue weighted by molar-refractivity contribution is 5.49. The average molecular weight is 265 g/mol. The molecule has 2 heterocycles. The lowest BCUT2D eigenvalue weighted by molar-refractivity contribution is 0.0891. The molecular weight excluding hydrogens is 242 g/mol. The second-order valence-electron chi connectivity index (χ2n) is 5.21. The Morgan fingerprint density at radius 1 is 1.47 bits per heavy atom. The molecule has 0 spiro atoms. The molecule has 1 fully saturated rings. The van der Waals surface area contributed by atoms with Gasteiger partial charge in [-0.3, -0.25) is 0 Å². The third-order valence-corrected chi connectivity index (χ3v) is 3.43. The first-order valence-electron chi connectivity index (χ1n) is 6.77. The maximum Gasteiger partial charge on any atom is 0.145 e. The van der Waals surface area contributed by atoms with Gasteiger partial charge in [-0.05, 0) is 12.8 Å². The first-order chi connectivity index (χ1) is 9.13. The Kier molecular flexibility index (Phi) is 4.55. The van der Waals surface area contributed by atoms with E-state index in [0.717, 1.165) is 37.6 Å². The van der Waals surface area contributed by atoms with Crippen molar-refractivity contribution in [3.63, 3.8) is 0 Å². The minimum Gasteiger partial charge on any atom is -0.380 e. The number of hydrogen-bond acceptors (Lipinski definition) is 6. The van der Waals surface area contributed by atoms with Crippen LogP contribution in [0.15, 0.2) is 6.07 Å². The number of hydrogen-bond donors (Lipinski definition) is 2. The zero-order chi connectivity index (χ0) is 13.8. The molecule has 1 unspecified atom stereocenters. The van der Waals surface area contributed by atoms with Crippen LogP contribution in [0.4, 0.5) is 11.6 Å². The summed E-state index contributed by atoms with van der Waals surface area (Å²) in [5.41, 5.74) is 2.62. The zero-order valence-corrected chi connectivity index (χ0v) is 11.9. The second kappa shape index (κ2) is 6.16. The molecule has 0 amide bonds. The van der Waals surface area contributed by atoms with Crippen LogP contribution in [0.2, 0.25) is 0 Å². The summed E-state index contributed by atoms with van der Waals surface area (Å²) in [6.45, 7) is 6.02. The predicted octanol–water partition coefficient (Wildman–Crippen LogP) is 1.50. The smallest absolute Gasteiger partial charge is 0.145 e. The molecular formula is C13H23N5O. The fraction of sp³-hybridized carbons (Fsp3) is 0.692. The molecule has 1 atom stereocenters. The van der Waals surface area contributed by atoms with Gasteiger partial charge < -0.3 is 15.1 Å². The van der Waals surface area contributed by atoms with Crippen molar-refractivity contribution in [1.29, 1.82) is 0 Å². The maximum absolute atomic E-state index is 5.49.